The predicted molar refractivity (Wildman–Crippen MR) is 112 cm³/mol. The molecule has 1 N–H and O–H groups in total. The molecular weight excluding hydrogens is 404 g/mol. The van der Waals surface area contributed by atoms with Gasteiger partial charge < -0.3 is 5.11 Å². The van der Waals surface area contributed by atoms with E-state index in [0.717, 1.165) is 15.7 Å². The second-order valence-corrected chi connectivity index (χ2v) is 6.95. The maximum Gasteiger partial charge on any atom is 0.266 e. The number of para-hydroxylation sites is 1. The third-order valence-corrected chi connectivity index (χ3v) is 4.71. The number of rotatable bonds is 3. The number of hydrogen-bond acceptors (Lipinski definition) is 3. The van der Waals surface area contributed by atoms with Crippen LogP contribution in [0.3, 0.4) is 0 Å². The van der Waals surface area contributed by atoms with E-state index in [1.54, 1.807) is 34.9 Å². The Balaban J connectivity index is 1.93. The minimum atomic E-state index is -0.126. The van der Waals surface area contributed by atoms with Gasteiger partial charge >= 0.3 is 0 Å². The first kappa shape index (κ1) is 17.2. The molecule has 4 nitrogen and oxygen atoms in total. The highest BCUT2D eigenvalue weighted by molar-refractivity contribution is 9.10. The van der Waals surface area contributed by atoms with Gasteiger partial charge in [0, 0.05) is 4.47 Å². The molecule has 27 heavy (non-hydrogen) atoms. The number of halogens is 1. The van der Waals surface area contributed by atoms with E-state index in [1.165, 1.54) is 0 Å². The van der Waals surface area contributed by atoms with E-state index in [9.17, 15) is 9.90 Å². The predicted octanol–water partition coefficient (Wildman–Crippen LogP) is 5.02. The van der Waals surface area contributed by atoms with Crippen molar-refractivity contribution in [2.45, 2.75) is 0 Å². The van der Waals surface area contributed by atoms with Crippen LogP contribution >= 0.6 is 15.9 Å². The molecule has 5 heteroatoms. The molecule has 1 heterocycles. The summed E-state index contributed by atoms with van der Waals surface area (Å²) in [5, 5.41) is 10.2. The van der Waals surface area contributed by atoms with Crippen LogP contribution in [0.1, 0.15) is 11.4 Å². The zero-order chi connectivity index (χ0) is 18.8. The molecule has 0 spiro atoms. The molecule has 0 amide bonds. The molecule has 0 unspecified atom stereocenters. The summed E-state index contributed by atoms with van der Waals surface area (Å²) in [5.41, 5.74) is 2.07. The van der Waals surface area contributed by atoms with Crippen LogP contribution in [-0.4, -0.2) is 14.7 Å². The Bertz CT molecular complexity index is 1210. The van der Waals surface area contributed by atoms with E-state index < -0.39 is 0 Å². The molecule has 0 bridgehead atoms. The number of hydrogen-bond donors (Lipinski definition) is 1. The molecule has 0 atom stereocenters. The largest absolute Gasteiger partial charge is 0.508 e. The lowest BCUT2D eigenvalue weighted by atomic mass is 10.2. The highest BCUT2D eigenvalue weighted by atomic mass is 79.9. The molecule has 0 saturated carbocycles. The number of benzene rings is 3. The van der Waals surface area contributed by atoms with Crippen molar-refractivity contribution in [1.29, 1.82) is 0 Å². The van der Waals surface area contributed by atoms with Crippen LogP contribution in [0.5, 0.6) is 5.75 Å². The summed E-state index contributed by atoms with van der Waals surface area (Å²) in [6.45, 7) is 0. The Morgan fingerprint density at radius 3 is 2.48 bits per heavy atom. The fraction of sp³-hybridized carbons (Fsp3) is 0. The van der Waals surface area contributed by atoms with Crippen LogP contribution in [0.2, 0.25) is 0 Å². The highest BCUT2D eigenvalue weighted by Gasteiger charge is 2.10. The summed E-state index contributed by atoms with van der Waals surface area (Å²) in [6, 6.07) is 21.7. The molecule has 3 aromatic carbocycles. The normalized spacial score (nSPS) is 11.3. The SMILES string of the molecule is O=c1c2ccccc2nc(/C=C/c2cccc(O)c2)n1-c1ccc(Br)cc1. The van der Waals surface area contributed by atoms with Gasteiger partial charge in [-0.05, 0) is 60.2 Å². The minimum Gasteiger partial charge on any atom is -0.508 e. The molecule has 1 aromatic heterocycles. The molecule has 0 aliphatic carbocycles. The van der Waals surface area contributed by atoms with Crippen LogP contribution in [0.4, 0.5) is 0 Å². The lowest BCUT2D eigenvalue weighted by molar-refractivity contribution is 0.475. The number of nitrogens with zero attached hydrogens (tertiary/aromatic N) is 2. The third-order valence-electron chi connectivity index (χ3n) is 4.18. The maximum atomic E-state index is 13.1. The van der Waals surface area contributed by atoms with Crippen LogP contribution < -0.4 is 5.56 Å². The van der Waals surface area contributed by atoms with Crippen LogP contribution in [-0.2, 0) is 0 Å². The van der Waals surface area contributed by atoms with Crippen molar-refractivity contribution < 1.29 is 5.11 Å². The lowest BCUT2D eigenvalue weighted by Gasteiger charge is -2.11. The number of aromatic hydroxyl groups is 1. The first-order valence-electron chi connectivity index (χ1n) is 8.37. The molecule has 132 valence electrons. The summed E-state index contributed by atoms with van der Waals surface area (Å²) in [7, 11) is 0. The Kier molecular flexibility index (Phi) is 4.60. The van der Waals surface area contributed by atoms with E-state index in [0.29, 0.717) is 16.7 Å². The smallest absolute Gasteiger partial charge is 0.266 e. The third kappa shape index (κ3) is 3.55. The van der Waals surface area contributed by atoms with E-state index in [2.05, 4.69) is 20.9 Å². The van der Waals surface area contributed by atoms with Crippen molar-refractivity contribution in [3.05, 3.63) is 99.0 Å². The molecule has 0 aliphatic rings. The first-order chi connectivity index (χ1) is 13.1. The summed E-state index contributed by atoms with van der Waals surface area (Å²) in [6.07, 6.45) is 3.61. The molecule has 0 radical (unpaired) electrons. The number of aromatic nitrogens is 2. The summed E-state index contributed by atoms with van der Waals surface area (Å²) in [5.74, 6) is 0.707. The molecule has 0 fully saturated rings. The van der Waals surface area contributed by atoms with Crippen molar-refractivity contribution in [3.8, 4) is 11.4 Å². The van der Waals surface area contributed by atoms with Gasteiger partial charge in [-0.3, -0.25) is 9.36 Å². The van der Waals surface area contributed by atoms with Gasteiger partial charge in [0.05, 0.1) is 16.6 Å². The molecular formula is C22H15BrN2O2. The Hall–Kier alpha value is -3.18. The van der Waals surface area contributed by atoms with Gasteiger partial charge in [-0.2, -0.15) is 0 Å². The summed E-state index contributed by atoms with van der Waals surface area (Å²) >= 11 is 3.42. The van der Waals surface area contributed by atoms with E-state index in [-0.39, 0.29) is 11.3 Å². The average molecular weight is 419 g/mol. The summed E-state index contributed by atoms with van der Waals surface area (Å²) in [4.78, 5) is 17.8. The first-order valence-corrected chi connectivity index (χ1v) is 9.16. The van der Waals surface area contributed by atoms with Gasteiger partial charge in [-0.25, -0.2) is 4.98 Å². The topological polar surface area (TPSA) is 55.1 Å². The minimum absolute atomic E-state index is 0.126. The zero-order valence-corrected chi connectivity index (χ0v) is 15.8. The van der Waals surface area contributed by atoms with E-state index in [4.69, 9.17) is 0 Å². The second-order valence-electron chi connectivity index (χ2n) is 6.03. The number of phenolic OH excluding ortho intramolecular Hbond substituents is 1. The molecule has 0 saturated heterocycles. The van der Waals surface area contributed by atoms with Crippen molar-refractivity contribution in [2.75, 3.05) is 0 Å². The van der Waals surface area contributed by atoms with Crippen LogP contribution in [0, 0.1) is 0 Å². The average Bonchev–Trinajstić information content (AvgIpc) is 2.68. The fourth-order valence-corrected chi connectivity index (χ4v) is 3.16. The fourth-order valence-electron chi connectivity index (χ4n) is 2.90. The van der Waals surface area contributed by atoms with E-state index >= 15 is 0 Å². The van der Waals surface area contributed by atoms with Gasteiger partial charge in [-0.1, -0.05) is 46.3 Å². The number of phenols is 1. The van der Waals surface area contributed by atoms with Gasteiger partial charge in [0.15, 0.2) is 0 Å². The maximum absolute atomic E-state index is 13.1. The van der Waals surface area contributed by atoms with Crippen molar-refractivity contribution in [3.63, 3.8) is 0 Å². The van der Waals surface area contributed by atoms with Crippen molar-refractivity contribution >= 4 is 39.0 Å². The molecule has 4 rings (SSSR count). The summed E-state index contributed by atoms with van der Waals surface area (Å²) < 4.78 is 2.53. The van der Waals surface area contributed by atoms with Gasteiger partial charge in [-0.15, -0.1) is 0 Å². The van der Waals surface area contributed by atoms with Gasteiger partial charge in [0.1, 0.15) is 11.6 Å². The van der Waals surface area contributed by atoms with Gasteiger partial charge in [0.25, 0.3) is 5.56 Å². The quantitative estimate of drug-likeness (QED) is 0.507. The zero-order valence-electron chi connectivity index (χ0n) is 14.2. The van der Waals surface area contributed by atoms with Crippen molar-refractivity contribution in [2.24, 2.45) is 0 Å². The standard InChI is InChI=1S/C22H15BrN2O2/c23-16-9-11-17(12-10-16)25-21(13-8-15-4-3-5-18(26)14-15)24-20-7-2-1-6-19(20)22(25)27/h1-14,26H/b13-8+. The lowest BCUT2D eigenvalue weighted by Crippen LogP contribution is -2.22. The van der Waals surface area contributed by atoms with E-state index in [1.807, 2.05) is 54.6 Å². The highest BCUT2D eigenvalue weighted by Crippen LogP contribution is 2.18. The van der Waals surface area contributed by atoms with Crippen molar-refractivity contribution in [1.82, 2.24) is 9.55 Å². The molecule has 4 aromatic rings. The monoisotopic (exact) mass is 418 g/mol. The molecule has 0 aliphatic heterocycles. The van der Waals surface area contributed by atoms with Gasteiger partial charge in [0.2, 0.25) is 0 Å². The number of fused-ring (bicyclic) bond motifs is 1. The van der Waals surface area contributed by atoms with Crippen LogP contribution in [0.25, 0.3) is 28.7 Å². The Labute approximate surface area is 164 Å². The Morgan fingerprint density at radius 2 is 1.70 bits per heavy atom. The Morgan fingerprint density at radius 1 is 0.926 bits per heavy atom. The van der Waals surface area contributed by atoms with Crippen LogP contribution in [0.15, 0.2) is 82.1 Å². The second kappa shape index (κ2) is 7.21.